The molecule has 0 spiro atoms. The summed E-state index contributed by atoms with van der Waals surface area (Å²) in [6, 6.07) is 9.87. The number of ether oxygens (including phenoxy) is 3. The van der Waals surface area contributed by atoms with Gasteiger partial charge in [-0.2, -0.15) is 0 Å². The molecule has 1 saturated heterocycles. The third-order valence-corrected chi connectivity index (χ3v) is 6.52. The molecule has 1 aliphatic heterocycles. The van der Waals surface area contributed by atoms with Gasteiger partial charge in [0.1, 0.15) is 5.76 Å². The molecule has 0 saturated carbocycles. The number of pyridine rings is 1. The summed E-state index contributed by atoms with van der Waals surface area (Å²) in [5.74, 6) is 1.86. The lowest BCUT2D eigenvalue weighted by Crippen LogP contribution is -2.42. The van der Waals surface area contributed by atoms with Gasteiger partial charge < -0.3 is 14.2 Å². The number of aromatic nitrogens is 1. The summed E-state index contributed by atoms with van der Waals surface area (Å²) in [5, 5.41) is 0. The average Bonchev–Trinajstić information content (AvgIpc) is 3.10. The Bertz CT molecular complexity index is 987. The Morgan fingerprint density at radius 1 is 1.17 bits per heavy atom. The molecular weight excluding hydrogens is 380 g/mol. The molecule has 2 aliphatic rings. The van der Waals surface area contributed by atoms with Crippen LogP contribution in [0.3, 0.4) is 0 Å². The number of carbonyl (C=O) groups excluding carboxylic acids is 1. The highest BCUT2D eigenvalue weighted by Crippen LogP contribution is 2.49. The summed E-state index contributed by atoms with van der Waals surface area (Å²) < 4.78 is 16.7. The normalized spacial score (nSPS) is 23.5. The maximum absolute atomic E-state index is 12.7. The molecule has 0 amide bonds. The number of esters is 1. The Hall–Kier alpha value is -2.86. The predicted molar refractivity (Wildman–Crippen MR) is 114 cm³/mol. The quantitative estimate of drug-likeness (QED) is 0.700. The molecule has 2 atom stereocenters. The monoisotopic (exact) mass is 408 g/mol. The van der Waals surface area contributed by atoms with E-state index in [0.29, 0.717) is 17.7 Å². The van der Waals surface area contributed by atoms with Crippen molar-refractivity contribution in [3.8, 4) is 11.5 Å². The van der Waals surface area contributed by atoms with Crippen LogP contribution in [0.15, 0.2) is 48.4 Å². The summed E-state index contributed by atoms with van der Waals surface area (Å²) in [4.78, 5) is 19.2. The summed E-state index contributed by atoms with van der Waals surface area (Å²) in [6.45, 7) is 2.80. The molecule has 1 aromatic carbocycles. The van der Waals surface area contributed by atoms with E-state index in [0.717, 1.165) is 36.6 Å². The molecule has 1 fully saturated rings. The summed E-state index contributed by atoms with van der Waals surface area (Å²) in [7, 11) is 5.44. The number of hydrogen-bond donors (Lipinski definition) is 0. The van der Waals surface area contributed by atoms with Crippen LogP contribution in [0.2, 0.25) is 0 Å². The molecule has 0 bridgehead atoms. The number of likely N-dealkylation sites (tertiary alicyclic amines) is 1. The first-order valence-corrected chi connectivity index (χ1v) is 10.3. The zero-order valence-electron chi connectivity index (χ0n) is 18.0. The number of carbonyl (C=O) groups is 1. The van der Waals surface area contributed by atoms with Gasteiger partial charge in [0.25, 0.3) is 0 Å². The third kappa shape index (κ3) is 3.45. The fraction of sp³-hybridized carbons (Fsp3) is 0.417. The van der Waals surface area contributed by atoms with Crippen LogP contribution >= 0.6 is 0 Å². The van der Waals surface area contributed by atoms with E-state index in [-0.39, 0.29) is 17.4 Å². The van der Waals surface area contributed by atoms with Crippen molar-refractivity contribution in [1.82, 2.24) is 9.88 Å². The lowest BCUT2D eigenvalue weighted by Gasteiger charge is -2.40. The SMILES string of the molecule is COc1ccc(C23CCC(OC(=O)c4cccnc4C)=CC2N(C)CC3)cc1OC. The summed E-state index contributed by atoms with van der Waals surface area (Å²) in [5.41, 5.74) is 2.39. The average molecular weight is 408 g/mol. The van der Waals surface area contributed by atoms with Crippen molar-refractivity contribution in [1.29, 1.82) is 0 Å². The minimum atomic E-state index is -0.342. The number of nitrogens with zero attached hydrogens (tertiary/aromatic N) is 2. The molecule has 0 radical (unpaired) electrons. The molecule has 158 valence electrons. The highest BCUT2D eigenvalue weighted by Gasteiger charge is 2.48. The van der Waals surface area contributed by atoms with Crippen LogP contribution in [0.25, 0.3) is 0 Å². The fourth-order valence-corrected chi connectivity index (χ4v) is 4.81. The van der Waals surface area contributed by atoms with E-state index in [1.807, 2.05) is 13.0 Å². The van der Waals surface area contributed by atoms with Gasteiger partial charge in [-0.1, -0.05) is 6.07 Å². The Balaban J connectivity index is 1.63. The number of hydrogen-bond acceptors (Lipinski definition) is 6. The van der Waals surface area contributed by atoms with Crippen LogP contribution < -0.4 is 9.47 Å². The predicted octanol–water partition coefficient (Wildman–Crippen LogP) is 3.88. The number of likely N-dealkylation sites (N-methyl/N-ethyl adjacent to an activating group) is 1. The topological polar surface area (TPSA) is 60.9 Å². The number of benzene rings is 1. The maximum atomic E-state index is 12.7. The molecule has 6 heteroatoms. The zero-order valence-corrected chi connectivity index (χ0v) is 18.0. The van der Waals surface area contributed by atoms with E-state index < -0.39 is 0 Å². The second kappa shape index (κ2) is 8.11. The number of allylic oxidation sites excluding steroid dienone is 1. The minimum Gasteiger partial charge on any atom is -0.493 e. The van der Waals surface area contributed by atoms with Crippen molar-refractivity contribution in [3.63, 3.8) is 0 Å². The van der Waals surface area contributed by atoms with Crippen LogP contribution in [0.5, 0.6) is 11.5 Å². The van der Waals surface area contributed by atoms with Crippen LogP contribution in [0, 0.1) is 6.92 Å². The summed E-state index contributed by atoms with van der Waals surface area (Å²) in [6.07, 6.45) is 6.46. The molecule has 0 N–H and O–H groups in total. The van der Waals surface area contributed by atoms with E-state index in [1.54, 1.807) is 32.5 Å². The second-order valence-electron chi connectivity index (χ2n) is 8.06. The maximum Gasteiger partial charge on any atom is 0.345 e. The first kappa shape index (κ1) is 20.4. The number of fused-ring (bicyclic) bond motifs is 1. The van der Waals surface area contributed by atoms with E-state index in [1.165, 1.54) is 5.56 Å². The fourth-order valence-electron chi connectivity index (χ4n) is 4.81. The second-order valence-corrected chi connectivity index (χ2v) is 8.06. The first-order chi connectivity index (χ1) is 14.5. The van der Waals surface area contributed by atoms with Gasteiger partial charge in [0, 0.05) is 24.1 Å². The Kier molecular flexibility index (Phi) is 5.52. The van der Waals surface area contributed by atoms with Crippen LogP contribution in [-0.4, -0.2) is 49.7 Å². The Morgan fingerprint density at radius 3 is 2.70 bits per heavy atom. The van der Waals surface area contributed by atoms with Gasteiger partial charge in [0.05, 0.1) is 25.5 Å². The van der Waals surface area contributed by atoms with Crippen molar-refractivity contribution >= 4 is 5.97 Å². The van der Waals surface area contributed by atoms with Gasteiger partial charge >= 0.3 is 5.97 Å². The molecule has 4 rings (SSSR count). The molecule has 2 heterocycles. The smallest absolute Gasteiger partial charge is 0.345 e. The van der Waals surface area contributed by atoms with Crippen LogP contribution in [0.1, 0.15) is 40.9 Å². The van der Waals surface area contributed by atoms with E-state index >= 15 is 0 Å². The molecule has 1 aromatic heterocycles. The number of rotatable bonds is 5. The van der Waals surface area contributed by atoms with Crippen molar-refractivity contribution in [2.75, 3.05) is 27.8 Å². The Labute approximate surface area is 177 Å². The van der Waals surface area contributed by atoms with Gasteiger partial charge in [-0.15, -0.1) is 0 Å². The molecule has 2 unspecified atom stereocenters. The highest BCUT2D eigenvalue weighted by molar-refractivity contribution is 5.91. The van der Waals surface area contributed by atoms with Crippen molar-refractivity contribution in [2.45, 2.75) is 37.6 Å². The van der Waals surface area contributed by atoms with Gasteiger partial charge in [-0.3, -0.25) is 9.88 Å². The largest absolute Gasteiger partial charge is 0.493 e. The van der Waals surface area contributed by atoms with E-state index in [9.17, 15) is 4.79 Å². The van der Waals surface area contributed by atoms with Crippen molar-refractivity contribution in [2.24, 2.45) is 0 Å². The van der Waals surface area contributed by atoms with Gasteiger partial charge in [-0.05, 0) is 69.3 Å². The molecule has 30 heavy (non-hydrogen) atoms. The molecule has 6 nitrogen and oxygen atoms in total. The highest BCUT2D eigenvalue weighted by atomic mass is 16.5. The third-order valence-electron chi connectivity index (χ3n) is 6.52. The lowest BCUT2D eigenvalue weighted by molar-refractivity contribution is 0.0592. The van der Waals surface area contributed by atoms with E-state index in [4.69, 9.17) is 14.2 Å². The first-order valence-electron chi connectivity index (χ1n) is 10.3. The summed E-state index contributed by atoms with van der Waals surface area (Å²) >= 11 is 0. The van der Waals surface area contributed by atoms with E-state index in [2.05, 4.69) is 35.1 Å². The van der Waals surface area contributed by atoms with Gasteiger partial charge in [0.15, 0.2) is 11.5 Å². The molecule has 2 aromatic rings. The number of methoxy groups -OCH3 is 2. The lowest BCUT2D eigenvalue weighted by atomic mass is 9.68. The van der Waals surface area contributed by atoms with Crippen LogP contribution in [0.4, 0.5) is 0 Å². The Morgan fingerprint density at radius 2 is 1.97 bits per heavy atom. The zero-order chi connectivity index (χ0) is 21.3. The number of aryl methyl sites for hydroxylation is 1. The van der Waals surface area contributed by atoms with Crippen molar-refractivity contribution in [3.05, 3.63) is 65.2 Å². The van der Waals surface area contributed by atoms with Crippen LogP contribution in [-0.2, 0) is 10.2 Å². The van der Waals surface area contributed by atoms with Crippen molar-refractivity contribution < 1.29 is 19.0 Å². The molecular formula is C24H28N2O4. The standard InChI is InChI=1S/C24H28N2O4/c1-16-19(6-5-12-25-16)23(27)30-18-9-10-24(11-13-26(2)22(24)15-18)17-7-8-20(28-3)21(14-17)29-4/h5-8,12,14-15,22H,9-11,13H2,1-4H3. The van der Waals surface area contributed by atoms with Gasteiger partial charge in [0.2, 0.25) is 0 Å². The molecule has 1 aliphatic carbocycles. The minimum absolute atomic E-state index is 0.0333. The van der Waals surface area contributed by atoms with Gasteiger partial charge in [-0.25, -0.2) is 4.79 Å².